The van der Waals surface area contributed by atoms with E-state index in [2.05, 4.69) is 6.58 Å². The Morgan fingerprint density at radius 3 is 1.46 bits per heavy atom. The third-order valence-electron chi connectivity index (χ3n) is 0.283. The molecule has 0 heterocycles. The summed E-state index contributed by atoms with van der Waals surface area (Å²) in [6.07, 6.45) is 0. The summed E-state index contributed by atoms with van der Waals surface area (Å²) in [5.41, 5.74) is 1.17. The van der Waals surface area contributed by atoms with E-state index in [1.165, 1.54) is 5.57 Å². The van der Waals surface area contributed by atoms with Gasteiger partial charge in [0.15, 0.2) is 0 Å². The van der Waals surface area contributed by atoms with Crippen LogP contribution >= 0.6 is 6.80 Å². The third kappa shape index (κ3) is 15.8. The molecule has 0 rings (SSSR count). The molecule has 0 aromatic heterocycles. The van der Waals surface area contributed by atoms with Crippen LogP contribution < -0.4 is 9.79 Å². The summed E-state index contributed by atoms with van der Waals surface area (Å²) in [5.74, 6) is 0. The molecule has 0 unspecified atom stereocenters. The summed E-state index contributed by atoms with van der Waals surface area (Å²) in [7, 11) is -5.40. The van der Waals surface area contributed by atoms with Crippen LogP contribution in [-0.4, -0.2) is 50.7 Å². The van der Waals surface area contributed by atoms with E-state index in [1.54, 1.807) is 0 Å². The predicted octanol–water partition coefficient (Wildman–Crippen LogP) is -1.10. The van der Waals surface area contributed by atoms with Crippen LogP contribution in [0.4, 0.5) is 0 Å². The van der Waals surface area contributed by atoms with Crippen LogP contribution in [0.2, 0.25) is 0 Å². The van der Waals surface area contributed by atoms with Crippen LogP contribution in [0, 0.1) is 0 Å². The number of hydrogen-bond donors (Lipinski definition) is 1. The molecule has 0 spiro atoms. The molecule has 1 N–H and O–H groups in total. The smallest absolute Gasteiger partial charge is 0.798 e. The summed E-state index contributed by atoms with van der Waals surface area (Å²) in [6, 6.07) is 0. The minimum absolute atomic E-state index is 0. The van der Waals surface area contributed by atoms with Crippen molar-refractivity contribution in [3.63, 3.8) is 0 Å². The minimum atomic E-state index is -5.82. The van der Waals surface area contributed by atoms with Crippen molar-refractivity contribution in [1.82, 2.24) is 0 Å². The number of rotatable bonds is 1. The molecule has 0 aliphatic heterocycles. The molecule has 6 nitrogen and oxygen atoms in total. The van der Waals surface area contributed by atoms with Crippen molar-refractivity contribution in [2.24, 2.45) is 0 Å². The van der Waals surface area contributed by atoms with Gasteiger partial charge in [0.05, 0.1) is 6.80 Å². The average molecular weight is 256 g/mol. The van der Waals surface area contributed by atoms with E-state index in [0.29, 0.717) is 0 Å². The van der Waals surface area contributed by atoms with E-state index in [-0.39, 0.29) is 37.7 Å². The molecule has 74 valence electrons. The van der Waals surface area contributed by atoms with Crippen LogP contribution in [0.1, 0.15) is 13.8 Å². The largest absolute Gasteiger partial charge is 2.00 e. The zero-order valence-electron chi connectivity index (χ0n) is 7.26. The van der Waals surface area contributed by atoms with Crippen molar-refractivity contribution in [3.8, 4) is 0 Å². The van der Waals surface area contributed by atoms with Gasteiger partial charge in [0.25, 0.3) is 9.74 Å². The molecule has 9 heteroatoms. The van der Waals surface area contributed by atoms with E-state index in [4.69, 9.17) is 4.55 Å². The average Bonchev–Trinajstić information content (AvgIpc) is 1.55. The normalized spacial score (nSPS) is 10.5. The van der Waals surface area contributed by atoms with Crippen molar-refractivity contribution < 1.29 is 27.3 Å². The molecular weight excluding hydrogens is 247 g/mol. The van der Waals surface area contributed by atoms with Crippen molar-refractivity contribution in [2.45, 2.75) is 13.8 Å². The van der Waals surface area contributed by atoms with Crippen LogP contribution in [0.15, 0.2) is 12.2 Å². The maximum Gasteiger partial charge on any atom is 2.00 e. The summed E-state index contributed by atoms with van der Waals surface area (Å²) in [4.78, 5) is 18.6. The molecule has 0 atom stereocenters. The monoisotopic (exact) mass is 256 g/mol. The van der Waals surface area contributed by atoms with Crippen molar-refractivity contribution in [3.05, 3.63) is 12.2 Å². The van der Waals surface area contributed by atoms with Crippen LogP contribution in [0.25, 0.3) is 0 Å². The van der Waals surface area contributed by atoms with Gasteiger partial charge in [-0.15, -0.1) is 6.58 Å². The molecule has 0 bridgehead atoms. The van der Waals surface area contributed by atoms with Crippen molar-refractivity contribution in [2.75, 3.05) is 0 Å². The molecule has 0 aliphatic carbocycles. The van der Waals surface area contributed by atoms with Gasteiger partial charge in [-0.25, -0.2) is 0 Å². The Kier molecular flexibility index (Phi) is 11.1. The van der Waals surface area contributed by atoms with Gasteiger partial charge in [-0.05, 0) is 13.8 Å². The summed E-state index contributed by atoms with van der Waals surface area (Å²) >= 11 is 0. The summed E-state index contributed by atoms with van der Waals surface area (Å²) < 4.78 is 35.4. The van der Waals surface area contributed by atoms with Crippen LogP contribution in [0.5, 0.6) is 0 Å². The Hall–Kier alpha value is 1.06. The fraction of sp³-hybridized carbons (Fsp3) is 0.500. The quantitative estimate of drug-likeness (QED) is 0.275. The fourth-order valence-electron chi connectivity index (χ4n) is 0. The van der Waals surface area contributed by atoms with Gasteiger partial charge in [-0.3, -0.25) is 4.55 Å². The Labute approximate surface area is 107 Å². The summed E-state index contributed by atoms with van der Waals surface area (Å²) in [6.45, 7) is 1.68. The Morgan fingerprint density at radius 2 is 1.46 bits per heavy atom. The van der Waals surface area contributed by atoms with Gasteiger partial charge < -0.3 is 14.4 Å². The molecule has 0 fully saturated rings. The van der Waals surface area contributed by atoms with E-state index in [9.17, 15) is 22.8 Å². The Bertz CT molecular complexity index is 286. The van der Waals surface area contributed by atoms with E-state index >= 15 is 0 Å². The molecule has 0 aliphatic rings. The van der Waals surface area contributed by atoms with E-state index in [1.807, 2.05) is 13.8 Å². The maximum absolute atomic E-state index is 9.32. The van der Waals surface area contributed by atoms with Crippen LogP contribution in [-0.2, 0) is 14.3 Å². The van der Waals surface area contributed by atoms with Gasteiger partial charge >= 0.3 is 37.7 Å². The van der Waals surface area contributed by atoms with Crippen molar-refractivity contribution in [1.29, 1.82) is 0 Å². The second-order valence-corrected chi connectivity index (χ2v) is 6.62. The second kappa shape index (κ2) is 7.36. The molecule has 0 amide bonds. The van der Waals surface area contributed by atoms with E-state index in [0.717, 1.165) is 0 Å². The first-order valence-electron chi connectivity index (χ1n) is 2.60. The van der Waals surface area contributed by atoms with Gasteiger partial charge in [-0.1, -0.05) is 5.57 Å². The van der Waals surface area contributed by atoms with Gasteiger partial charge in [0, 0.05) is 0 Å². The van der Waals surface area contributed by atoms with Gasteiger partial charge in [-0.2, -0.15) is 8.42 Å². The Balaban J connectivity index is -0.000000173. The molecule has 13 heavy (non-hydrogen) atoms. The van der Waals surface area contributed by atoms with Crippen molar-refractivity contribution >= 4 is 54.3 Å². The standard InChI is InChI=1S/C4H8.Ca.H3O6PS/c1-4(2)3;;1-7(2,3)8(4,5)6/h1H2,2-3H3;;(H2,1,2,3)(H,4,5,6)/q;+2;/p-2. The first-order valence-corrected chi connectivity index (χ1v) is 6.19. The number of allylic oxidation sites excluding steroid dienone is 1. The molecule has 0 saturated heterocycles. The molecule has 0 saturated carbocycles. The SMILES string of the molecule is C=C(C)C.O=P([O-])([O-])S(=O)(=O)O.[Ca+2]. The minimum Gasteiger partial charge on any atom is -0.798 e. The molecule has 0 aromatic carbocycles. The zero-order chi connectivity index (χ0) is 10.6. The molecule has 0 aromatic rings. The summed E-state index contributed by atoms with van der Waals surface area (Å²) in [5, 5.41) is 0. The molecular formula is C4H9CaO6PS. The topological polar surface area (TPSA) is 118 Å². The fourth-order valence-corrected chi connectivity index (χ4v) is 0. The molecule has 0 radical (unpaired) electrons. The van der Waals surface area contributed by atoms with Gasteiger partial charge in [0.2, 0.25) is 0 Å². The van der Waals surface area contributed by atoms with E-state index < -0.39 is 16.5 Å². The van der Waals surface area contributed by atoms with Gasteiger partial charge in [0.1, 0.15) is 0 Å². The Morgan fingerprint density at radius 1 is 1.38 bits per heavy atom. The first-order chi connectivity index (χ1) is 4.98. The first kappa shape index (κ1) is 19.6. The maximum atomic E-state index is 9.32. The van der Waals surface area contributed by atoms with Crippen LogP contribution in [0.3, 0.4) is 0 Å². The second-order valence-electron chi connectivity index (χ2n) is 2.10. The zero-order valence-corrected chi connectivity index (χ0v) is 11.2. The third-order valence-corrected chi connectivity index (χ3v) is 2.54. The number of hydrogen-bond acceptors (Lipinski definition) is 5. The predicted molar refractivity (Wildman–Crippen MR) is 45.4 cm³/mol.